The number of nitrogens with zero attached hydrogens (tertiary/aromatic N) is 2. The van der Waals surface area contributed by atoms with Crippen molar-refractivity contribution in [2.45, 2.75) is 27.2 Å². The summed E-state index contributed by atoms with van der Waals surface area (Å²) in [6.45, 7) is 5.95. The summed E-state index contributed by atoms with van der Waals surface area (Å²) in [5.41, 5.74) is 1.80. The molecule has 0 unspecified atom stereocenters. The predicted molar refractivity (Wildman–Crippen MR) is 93.5 cm³/mol. The van der Waals surface area contributed by atoms with Gasteiger partial charge in [0.05, 0.1) is 11.4 Å². The van der Waals surface area contributed by atoms with Crippen molar-refractivity contribution in [3.8, 4) is 0 Å². The number of benzene rings is 1. The molecule has 0 atom stereocenters. The fourth-order valence-corrected chi connectivity index (χ4v) is 2.09. The molecule has 0 spiro atoms. The van der Waals surface area contributed by atoms with Gasteiger partial charge in [-0.1, -0.05) is 18.5 Å². The fourth-order valence-electron chi connectivity index (χ4n) is 1.97. The summed E-state index contributed by atoms with van der Waals surface area (Å²) in [6, 6.07) is 6.67. The first-order chi connectivity index (χ1) is 11.4. The summed E-state index contributed by atoms with van der Waals surface area (Å²) in [5, 5.41) is 5.99. The zero-order valence-electron chi connectivity index (χ0n) is 13.8. The Morgan fingerprint density at radius 2 is 1.54 bits per heavy atom. The van der Waals surface area contributed by atoms with E-state index in [4.69, 9.17) is 11.6 Å². The molecule has 1 heterocycles. The van der Waals surface area contributed by atoms with Gasteiger partial charge in [0.1, 0.15) is 0 Å². The van der Waals surface area contributed by atoms with Crippen molar-refractivity contribution >= 4 is 29.1 Å². The molecule has 24 heavy (non-hydrogen) atoms. The molecule has 1 aromatic carbocycles. The minimum atomic E-state index is -0.491. The molecule has 2 amide bonds. The van der Waals surface area contributed by atoms with Crippen molar-refractivity contribution in [1.29, 1.82) is 0 Å². The van der Waals surface area contributed by atoms with Crippen molar-refractivity contribution in [2.75, 3.05) is 11.9 Å². The fraction of sp³-hybridized carbons (Fsp3) is 0.294. The van der Waals surface area contributed by atoms with E-state index >= 15 is 0 Å². The molecule has 0 bridgehead atoms. The summed E-state index contributed by atoms with van der Waals surface area (Å²) in [7, 11) is 0. The topological polar surface area (TPSA) is 84.0 Å². The first-order valence-corrected chi connectivity index (χ1v) is 8.00. The van der Waals surface area contributed by atoms with Gasteiger partial charge in [-0.15, -0.1) is 0 Å². The van der Waals surface area contributed by atoms with Crippen LogP contribution in [-0.2, 0) is 0 Å². The van der Waals surface area contributed by atoms with E-state index in [0.717, 1.165) is 6.42 Å². The molecule has 7 heteroatoms. The molecule has 2 N–H and O–H groups in total. The number of aromatic nitrogens is 2. The minimum absolute atomic E-state index is 0.00153. The standard InChI is InChI=1S/C17H19ClN4O2/c1-4-9-19-16(23)14-15(21-11(3)10(2)20-14)17(24)22-13-7-5-12(18)6-8-13/h5-8H,4,9H2,1-3H3,(H,19,23)(H,22,24). The van der Waals surface area contributed by atoms with E-state index in [2.05, 4.69) is 20.6 Å². The molecule has 2 rings (SSSR count). The summed E-state index contributed by atoms with van der Waals surface area (Å²) in [6.07, 6.45) is 0.788. The van der Waals surface area contributed by atoms with Gasteiger partial charge in [-0.05, 0) is 44.5 Å². The second-order valence-electron chi connectivity index (χ2n) is 5.31. The van der Waals surface area contributed by atoms with Gasteiger partial charge in [0.2, 0.25) is 0 Å². The average molecular weight is 347 g/mol. The van der Waals surface area contributed by atoms with Crippen molar-refractivity contribution in [2.24, 2.45) is 0 Å². The van der Waals surface area contributed by atoms with Gasteiger partial charge in [-0.2, -0.15) is 0 Å². The molecule has 0 aliphatic rings. The predicted octanol–water partition coefficient (Wildman–Crippen LogP) is 3.14. The third-order valence-corrected chi connectivity index (χ3v) is 3.63. The van der Waals surface area contributed by atoms with Gasteiger partial charge in [0, 0.05) is 17.3 Å². The SMILES string of the molecule is CCCNC(=O)c1nc(C)c(C)nc1C(=O)Nc1ccc(Cl)cc1. The van der Waals surface area contributed by atoms with E-state index in [9.17, 15) is 9.59 Å². The third-order valence-electron chi connectivity index (χ3n) is 3.37. The van der Waals surface area contributed by atoms with E-state index < -0.39 is 11.8 Å². The van der Waals surface area contributed by atoms with Gasteiger partial charge < -0.3 is 10.6 Å². The summed E-state index contributed by atoms with van der Waals surface area (Å²) < 4.78 is 0. The van der Waals surface area contributed by atoms with E-state index in [1.165, 1.54) is 0 Å². The van der Waals surface area contributed by atoms with Crippen LogP contribution in [0.3, 0.4) is 0 Å². The van der Waals surface area contributed by atoms with Crippen LogP contribution in [0.1, 0.15) is 45.7 Å². The number of hydrogen-bond donors (Lipinski definition) is 2. The number of carbonyl (C=O) groups excluding carboxylic acids is 2. The van der Waals surface area contributed by atoms with Crippen molar-refractivity contribution in [3.05, 3.63) is 52.1 Å². The van der Waals surface area contributed by atoms with Crippen LogP contribution in [0, 0.1) is 13.8 Å². The Hall–Kier alpha value is -2.47. The largest absolute Gasteiger partial charge is 0.351 e. The number of nitrogens with one attached hydrogen (secondary N) is 2. The second-order valence-corrected chi connectivity index (χ2v) is 5.74. The van der Waals surface area contributed by atoms with Gasteiger partial charge >= 0.3 is 0 Å². The molecular weight excluding hydrogens is 328 g/mol. The molecule has 0 radical (unpaired) electrons. The molecule has 0 fully saturated rings. The molecule has 0 saturated carbocycles. The Morgan fingerprint density at radius 3 is 2.08 bits per heavy atom. The Morgan fingerprint density at radius 1 is 1.00 bits per heavy atom. The Balaban J connectivity index is 2.32. The molecule has 6 nitrogen and oxygen atoms in total. The Labute approximate surface area is 145 Å². The van der Waals surface area contributed by atoms with Crippen LogP contribution in [0.2, 0.25) is 5.02 Å². The zero-order valence-corrected chi connectivity index (χ0v) is 14.6. The molecular formula is C17H19ClN4O2. The van der Waals surface area contributed by atoms with Gasteiger partial charge in [0.15, 0.2) is 11.4 Å². The maximum Gasteiger partial charge on any atom is 0.276 e. The van der Waals surface area contributed by atoms with E-state index in [1.807, 2.05) is 6.92 Å². The average Bonchev–Trinajstić information content (AvgIpc) is 2.56. The molecule has 0 aliphatic heterocycles. The van der Waals surface area contributed by atoms with Gasteiger partial charge in [0.25, 0.3) is 11.8 Å². The van der Waals surface area contributed by atoms with Gasteiger partial charge in [-0.3, -0.25) is 9.59 Å². The van der Waals surface area contributed by atoms with Crippen LogP contribution < -0.4 is 10.6 Å². The lowest BCUT2D eigenvalue weighted by atomic mass is 10.2. The maximum absolute atomic E-state index is 12.5. The van der Waals surface area contributed by atoms with Gasteiger partial charge in [-0.25, -0.2) is 9.97 Å². The summed E-state index contributed by atoms with van der Waals surface area (Å²) in [5.74, 6) is -0.900. The Kier molecular flexibility index (Phi) is 5.87. The number of rotatable bonds is 5. The first-order valence-electron chi connectivity index (χ1n) is 7.62. The molecule has 2 aromatic rings. The van der Waals surface area contributed by atoms with Crippen molar-refractivity contribution < 1.29 is 9.59 Å². The quantitative estimate of drug-likeness (QED) is 0.871. The van der Waals surface area contributed by atoms with Crippen LogP contribution in [0.25, 0.3) is 0 Å². The number of amides is 2. The normalized spacial score (nSPS) is 10.3. The molecule has 0 saturated heterocycles. The van der Waals surface area contributed by atoms with E-state index in [0.29, 0.717) is 28.6 Å². The van der Waals surface area contributed by atoms with Crippen LogP contribution in [0.4, 0.5) is 5.69 Å². The van der Waals surface area contributed by atoms with Crippen molar-refractivity contribution in [3.63, 3.8) is 0 Å². The first kappa shape index (κ1) is 17.9. The summed E-state index contributed by atoms with van der Waals surface area (Å²) >= 11 is 5.83. The molecule has 126 valence electrons. The number of halogens is 1. The Bertz CT molecular complexity index is 760. The lowest BCUT2D eigenvalue weighted by molar-refractivity contribution is 0.0933. The van der Waals surface area contributed by atoms with Crippen LogP contribution in [0.5, 0.6) is 0 Å². The lowest BCUT2D eigenvalue weighted by Crippen LogP contribution is -2.29. The highest BCUT2D eigenvalue weighted by molar-refractivity contribution is 6.30. The van der Waals surface area contributed by atoms with E-state index in [-0.39, 0.29) is 11.4 Å². The molecule has 0 aliphatic carbocycles. The smallest absolute Gasteiger partial charge is 0.276 e. The highest BCUT2D eigenvalue weighted by Gasteiger charge is 2.22. The highest BCUT2D eigenvalue weighted by Crippen LogP contribution is 2.15. The lowest BCUT2D eigenvalue weighted by Gasteiger charge is -2.11. The van der Waals surface area contributed by atoms with Crippen LogP contribution >= 0.6 is 11.6 Å². The summed E-state index contributed by atoms with van der Waals surface area (Å²) in [4.78, 5) is 33.3. The highest BCUT2D eigenvalue weighted by atomic mass is 35.5. The second kappa shape index (κ2) is 7.88. The number of anilines is 1. The van der Waals surface area contributed by atoms with Crippen LogP contribution in [-0.4, -0.2) is 28.3 Å². The van der Waals surface area contributed by atoms with Crippen LogP contribution in [0.15, 0.2) is 24.3 Å². The number of carbonyl (C=O) groups is 2. The minimum Gasteiger partial charge on any atom is -0.351 e. The number of hydrogen-bond acceptors (Lipinski definition) is 4. The monoisotopic (exact) mass is 346 g/mol. The third kappa shape index (κ3) is 4.29. The van der Waals surface area contributed by atoms with Crippen molar-refractivity contribution in [1.82, 2.24) is 15.3 Å². The maximum atomic E-state index is 12.5. The molecule has 1 aromatic heterocycles. The zero-order chi connectivity index (χ0) is 17.7. The number of aryl methyl sites for hydroxylation is 2. The van der Waals surface area contributed by atoms with E-state index in [1.54, 1.807) is 38.1 Å².